The van der Waals surface area contributed by atoms with Gasteiger partial charge in [-0.2, -0.15) is 0 Å². The third-order valence-electron chi connectivity index (χ3n) is 3.09. The predicted molar refractivity (Wildman–Crippen MR) is 82.5 cm³/mol. The molecule has 0 aliphatic rings. The van der Waals surface area contributed by atoms with Crippen LogP contribution in [0.25, 0.3) is 0 Å². The van der Waals surface area contributed by atoms with Crippen molar-refractivity contribution < 1.29 is 14.8 Å². The van der Waals surface area contributed by atoms with Gasteiger partial charge < -0.3 is 9.84 Å². The maximum atomic E-state index is 10.5. The fraction of sp³-hybridized carbons (Fsp3) is 0.500. The summed E-state index contributed by atoms with van der Waals surface area (Å²) in [4.78, 5) is 10.1. The summed E-state index contributed by atoms with van der Waals surface area (Å²) in [6, 6.07) is 6.04. The van der Waals surface area contributed by atoms with Crippen LogP contribution in [0.1, 0.15) is 40.0 Å². The number of nitrogens with zero attached hydrogens (tertiary/aromatic N) is 1. The number of ether oxygens (including phenoxy) is 1. The van der Waals surface area contributed by atoms with Gasteiger partial charge in [-0.3, -0.25) is 10.1 Å². The first-order valence-electron chi connectivity index (χ1n) is 7.03. The van der Waals surface area contributed by atoms with Gasteiger partial charge in [-0.05, 0) is 58.2 Å². The molecule has 1 rings (SSSR count). The van der Waals surface area contributed by atoms with Crippen molar-refractivity contribution in [3.63, 3.8) is 0 Å². The summed E-state index contributed by atoms with van der Waals surface area (Å²) in [7, 11) is 0. The summed E-state index contributed by atoms with van der Waals surface area (Å²) in [5.74, 6) is 0.612. The lowest BCUT2D eigenvalue weighted by Gasteiger charge is -2.16. The third-order valence-corrected chi connectivity index (χ3v) is 3.09. The number of hydrogen-bond acceptors (Lipinski definition) is 4. The van der Waals surface area contributed by atoms with Crippen molar-refractivity contribution in [3.8, 4) is 5.75 Å². The van der Waals surface area contributed by atoms with Crippen LogP contribution in [0, 0.1) is 10.1 Å². The molecule has 5 heteroatoms. The van der Waals surface area contributed by atoms with Crippen LogP contribution >= 0.6 is 0 Å². The molecule has 0 aliphatic carbocycles. The molecule has 0 aromatic heterocycles. The summed E-state index contributed by atoms with van der Waals surface area (Å²) >= 11 is 0. The second kappa shape index (κ2) is 7.78. The number of allylic oxidation sites excluding steroid dienone is 1. The van der Waals surface area contributed by atoms with E-state index in [1.165, 1.54) is 17.7 Å². The molecule has 1 N–H and O–H groups in total. The van der Waals surface area contributed by atoms with Crippen LogP contribution in [-0.2, 0) is 0 Å². The van der Waals surface area contributed by atoms with Gasteiger partial charge in [0.05, 0.1) is 10.5 Å². The quantitative estimate of drug-likeness (QED) is 0.449. The molecular formula is C16H23NO4. The summed E-state index contributed by atoms with van der Waals surface area (Å²) in [5.41, 5.74) is 0.650. The molecule has 5 nitrogen and oxygen atoms in total. The van der Waals surface area contributed by atoms with Gasteiger partial charge in [0.2, 0.25) is 0 Å². The molecule has 0 bridgehead atoms. The number of aliphatic hydroxyl groups is 1. The van der Waals surface area contributed by atoms with Gasteiger partial charge in [-0.15, -0.1) is 0 Å². The molecule has 0 atom stereocenters. The lowest BCUT2D eigenvalue weighted by Crippen LogP contribution is -2.17. The van der Waals surface area contributed by atoms with E-state index in [1.807, 2.05) is 26.8 Å². The Kier molecular flexibility index (Phi) is 6.37. The first-order chi connectivity index (χ1) is 9.78. The average molecular weight is 293 g/mol. The minimum Gasteiger partial charge on any atom is -0.490 e. The van der Waals surface area contributed by atoms with E-state index < -0.39 is 10.5 Å². The van der Waals surface area contributed by atoms with Crippen LogP contribution in [0.5, 0.6) is 5.75 Å². The van der Waals surface area contributed by atoms with E-state index in [-0.39, 0.29) is 5.69 Å². The highest BCUT2D eigenvalue weighted by molar-refractivity contribution is 5.36. The van der Waals surface area contributed by atoms with Gasteiger partial charge in [-0.1, -0.05) is 5.57 Å². The Hall–Kier alpha value is -1.88. The minimum atomic E-state index is -0.616. The van der Waals surface area contributed by atoms with E-state index in [4.69, 9.17) is 4.74 Å². The molecule has 0 amide bonds. The van der Waals surface area contributed by atoms with Crippen LogP contribution in [0.3, 0.4) is 0 Å². The zero-order chi connectivity index (χ0) is 15.9. The third kappa shape index (κ3) is 7.46. The minimum absolute atomic E-state index is 0.0562. The molecular weight excluding hydrogens is 270 g/mol. The Morgan fingerprint density at radius 3 is 2.52 bits per heavy atom. The maximum absolute atomic E-state index is 10.5. The van der Waals surface area contributed by atoms with Crippen molar-refractivity contribution in [3.05, 3.63) is 46.0 Å². The SMILES string of the molecule is C/C(=C\COc1ccc([N+](=O)[O-])cc1)CCCC(C)(C)O. The van der Waals surface area contributed by atoms with E-state index >= 15 is 0 Å². The van der Waals surface area contributed by atoms with E-state index in [0.717, 1.165) is 19.3 Å². The Morgan fingerprint density at radius 1 is 1.38 bits per heavy atom. The van der Waals surface area contributed by atoms with Gasteiger partial charge in [0.1, 0.15) is 12.4 Å². The Morgan fingerprint density at radius 2 is 2.00 bits per heavy atom. The molecule has 0 spiro atoms. The van der Waals surface area contributed by atoms with Crippen LogP contribution in [0.4, 0.5) is 5.69 Å². The fourth-order valence-corrected chi connectivity index (χ4v) is 1.85. The summed E-state index contributed by atoms with van der Waals surface area (Å²) in [6.45, 7) is 6.09. The van der Waals surface area contributed by atoms with Crippen LogP contribution in [0.15, 0.2) is 35.9 Å². The Balaban J connectivity index is 2.34. The van der Waals surface area contributed by atoms with Gasteiger partial charge in [0, 0.05) is 12.1 Å². The molecule has 0 saturated carbocycles. The number of rotatable bonds is 8. The smallest absolute Gasteiger partial charge is 0.269 e. The topological polar surface area (TPSA) is 72.6 Å². The highest BCUT2D eigenvalue weighted by Gasteiger charge is 2.11. The molecule has 116 valence electrons. The van der Waals surface area contributed by atoms with E-state index in [9.17, 15) is 15.2 Å². The first kappa shape index (κ1) is 17.2. The summed E-state index contributed by atoms with van der Waals surface area (Å²) in [6.07, 6.45) is 4.62. The zero-order valence-electron chi connectivity index (χ0n) is 12.8. The largest absolute Gasteiger partial charge is 0.490 e. The zero-order valence-corrected chi connectivity index (χ0v) is 12.8. The molecule has 1 aromatic carbocycles. The molecule has 21 heavy (non-hydrogen) atoms. The van der Waals surface area contributed by atoms with E-state index in [1.54, 1.807) is 12.1 Å². The predicted octanol–water partition coefficient (Wildman–Crippen LogP) is 3.86. The average Bonchev–Trinajstić information content (AvgIpc) is 2.37. The first-order valence-corrected chi connectivity index (χ1v) is 7.03. The number of nitro benzene ring substituents is 1. The van der Waals surface area contributed by atoms with Crippen molar-refractivity contribution in [2.75, 3.05) is 6.61 Å². The second-order valence-electron chi connectivity index (χ2n) is 5.78. The van der Waals surface area contributed by atoms with Crippen molar-refractivity contribution in [1.82, 2.24) is 0 Å². The van der Waals surface area contributed by atoms with Crippen LogP contribution in [0.2, 0.25) is 0 Å². The summed E-state index contributed by atoms with van der Waals surface area (Å²) in [5, 5.41) is 20.1. The maximum Gasteiger partial charge on any atom is 0.269 e. The number of benzene rings is 1. The lowest BCUT2D eigenvalue weighted by molar-refractivity contribution is -0.384. The lowest BCUT2D eigenvalue weighted by atomic mass is 9.99. The fourth-order valence-electron chi connectivity index (χ4n) is 1.85. The van der Waals surface area contributed by atoms with Crippen molar-refractivity contribution in [2.24, 2.45) is 0 Å². The molecule has 0 unspecified atom stereocenters. The highest BCUT2D eigenvalue weighted by atomic mass is 16.6. The van der Waals surface area contributed by atoms with Crippen molar-refractivity contribution >= 4 is 5.69 Å². The number of nitro groups is 1. The summed E-state index contributed by atoms with van der Waals surface area (Å²) < 4.78 is 5.51. The van der Waals surface area contributed by atoms with Crippen molar-refractivity contribution in [1.29, 1.82) is 0 Å². The van der Waals surface area contributed by atoms with Gasteiger partial charge in [0.15, 0.2) is 0 Å². The normalized spacial score (nSPS) is 12.3. The van der Waals surface area contributed by atoms with Gasteiger partial charge in [-0.25, -0.2) is 0 Å². The highest BCUT2D eigenvalue weighted by Crippen LogP contribution is 2.18. The van der Waals surface area contributed by atoms with E-state index in [0.29, 0.717) is 12.4 Å². The van der Waals surface area contributed by atoms with Crippen LogP contribution < -0.4 is 4.74 Å². The number of non-ortho nitro benzene ring substituents is 1. The molecule has 0 fully saturated rings. The Labute approximate surface area is 125 Å². The Bertz CT molecular complexity index is 486. The molecule has 0 aliphatic heterocycles. The molecule has 1 aromatic rings. The number of hydrogen-bond donors (Lipinski definition) is 1. The van der Waals surface area contributed by atoms with Gasteiger partial charge >= 0.3 is 0 Å². The van der Waals surface area contributed by atoms with Gasteiger partial charge in [0.25, 0.3) is 5.69 Å². The molecule has 0 heterocycles. The second-order valence-corrected chi connectivity index (χ2v) is 5.78. The standard InChI is InChI=1S/C16H23NO4/c1-13(5-4-11-16(2,3)18)10-12-21-15-8-6-14(7-9-15)17(19)20/h6-10,18H,4-5,11-12H2,1-3H3/b13-10+. The van der Waals surface area contributed by atoms with E-state index in [2.05, 4.69) is 0 Å². The van der Waals surface area contributed by atoms with Crippen molar-refractivity contribution in [2.45, 2.75) is 45.6 Å². The monoisotopic (exact) mass is 293 g/mol. The van der Waals surface area contributed by atoms with Crippen LogP contribution in [-0.4, -0.2) is 22.2 Å². The molecule has 0 saturated heterocycles. The molecule has 0 radical (unpaired) electrons.